The Kier molecular flexibility index (Phi) is 3.15. The summed E-state index contributed by atoms with van der Waals surface area (Å²) in [5.74, 6) is -0.0921. The number of rotatable bonds is 3. The van der Waals surface area contributed by atoms with Gasteiger partial charge in [-0.15, -0.1) is 0 Å². The molecule has 0 bridgehead atoms. The maximum Gasteiger partial charge on any atom is 0.272 e. The molecule has 16 heavy (non-hydrogen) atoms. The second-order valence-corrected chi connectivity index (χ2v) is 3.78. The van der Waals surface area contributed by atoms with Crippen LogP contribution in [0.1, 0.15) is 18.9 Å². The predicted octanol–water partition coefficient (Wildman–Crippen LogP) is 2.05. The molecule has 82 valence electrons. The van der Waals surface area contributed by atoms with Crippen molar-refractivity contribution in [3.05, 3.63) is 47.5 Å². The topological polar surface area (TPSA) is 41.5 Å². The van der Waals surface area contributed by atoms with Gasteiger partial charge in [0.25, 0.3) is 5.91 Å². The lowest BCUT2D eigenvalue weighted by atomic mass is 10.1. The number of allylic oxidation sites excluding steroid dienone is 1. The summed E-state index contributed by atoms with van der Waals surface area (Å²) in [5.41, 5.74) is 5.21. The molecule has 1 amide bonds. The Labute approximate surface area is 94.9 Å². The summed E-state index contributed by atoms with van der Waals surface area (Å²) in [6.07, 6.45) is 3.76. The molecule has 0 saturated heterocycles. The molecule has 1 heterocycles. The average molecular weight is 214 g/mol. The standard InChI is InChI=1S/C13H14N2O/c1-10-12(13(16)15-14-10)9-5-8-11-6-3-2-4-7-11/h2-4,6-7,9H,5,8H2,1H3,(H,15,16). The van der Waals surface area contributed by atoms with Crippen LogP contribution in [0, 0.1) is 0 Å². The Balaban J connectivity index is 1.95. The Morgan fingerprint density at radius 3 is 2.69 bits per heavy atom. The first-order valence-electron chi connectivity index (χ1n) is 5.36. The molecule has 0 aromatic heterocycles. The molecule has 1 aromatic carbocycles. The molecule has 1 aliphatic rings. The Bertz CT molecular complexity index is 446. The fourth-order valence-corrected chi connectivity index (χ4v) is 1.69. The zero-order valence-electron chi connectivity index (χ0n) is 9.23. The third-order valence-corrected chi connectivity index (χ3v) is 2.58. The molecule has 1 aromatic rings. The quantitative estimate of drug-likeness (QED) is 0.769. The van der Waals surface area contributed by atoms with Crippen molar-refractivity contribution in [2.45, 2.75) is 19.8 Å². The number of carbonyl (C=O) groups excluding carboxylic acids is 1. The summed E-state index contributed by atoms with van der Waals surface area (Å²) in [6.45, 7) is 1.84. The molecular weight excluding hydrogens is 200 g/mol. The van der Waals surface area contributed by atoms with E-state index in [0.717, 1.165) is 18.6 Å². The SMILES string of the molecule is CC1=NNC(=O)C1=CCCc1ccccc1. The van der Waals surface area contributed by atoms with Crippen LogP contribution >= 0.6 is 0 Å². The van der Waals surface area contributed by atoms with Crippen LogP contribution in [0.5, 0.6) is 0 Å². The lowest BCUT2D eigenvalue weighted by Gasteiger charge is -1.98. The first-order valence-corrected chi connectivity index (χ1v) is 5.36. The van der Waals surface area contributed by atoms with Crippen molar-refractivity contribution in [2.24, 2.45) is 5.10 Å². The van der Waals surface area contributed by atoms with Crippen LogP contribution in [0.15, 0.2) is 47.1 Å². The van der Waals surface area contributed by atoms with Crippen molar-refractivity contribution in [2.75, 3.05) is 0 Å². The van der Waals surface area contributed by atoms with Gasteiger partial charge in [0, 0.05) is 0 Å². The number of amides is 1. The molecule has 0 unspecified atom stereocenters. The zero-order valence-corrected chi connectivity index (χ0v) is 9.23. The first kappa shape index (κ1) is 10.6. The minimum absolute atomic E-state index is 0.0921. The van der Waals surface area contributed by atoms with Gasteiger partial charge in [0.05, 0.1) is 11.3 Å². The minimum Gasteiger partial charge on any atom is -0.267 e. The number of nitrogens with zero attached hydrogens (tertiary/aromatic N) is 1. The van der Waals surface area contributed by atoms with Gasteiger partial charge in [0.2, 0.25) is 0 Å². The van der Waals surface area contributed by atoms with E-state index in [0.29, 0.717) is 5.57 Å². The summed E-state index contributed by atoms with van der Waals surface area (Å²) in [6, 6.07) is 10.2. The molecule has 0 spiro atoms. The number of benzene rings is 1. The molecule has 3 heteroatoms. The molecule has 0 saturated carbocycles. The van der Waals surface area contributed by atoms with Gasteiger partial charge in [0.1, 0.15) is 0 Å². The number of nitrogens with one attached hydrogen (secondary N) is 1. The second-order valence-electron chi connectivity index (χ2n) is 3.78. The number of aryl methyl sites for hydroxylation is 1. The smallest absolute Gasteiger partial charge is 0.267 e. The summed E-state index contributed by atoms with van der Waals surface area (Å²) < 4.78 is 0. The van der Waals surface area contributed by atoms with Gasteiger partial charge < -0.3 is 0 Å². The number of carbonyl (C=O) groups is 1. The zero-order chi connectivity index (χ0) is 11.4. The van der Waals surface area contributed by atoms with Gasteiger partial charge in [-0.3, -0.25) is 4.79 Å². The molecule has 0 fully saturated rings. The Morgan fingerprint density at radius 1 is 1.31 bits per heavy atom. The highest BCUT2D eigenvalue weighted by atomic mass is 16.2. The molecule has 0 radical (unpaired) electrons. The van der Waals surface area contributed by atoms with E-state index in [4.69, 9.17) is 0 Å². The maximum absolute atomic E-state index is 11.3. The van der Waals surface area contributed by atoms with Gasteiger partial charge in [0.15, 0.2) is 0 Å². The van der Waals surface area contributed by atoms with Crippen molar-refractivity contribution in [3.63, 3.8) is 0 Å². The fraction of sp³-hybridized carbons (Fsp3) is 0.231. The monoisotopic (exact) mass is 214 g/mol. The van der Waals surface area contributed by atoms with E-state index in [1.807, 2.05) is 31.2 Å². The third kappa shape index (κ3) is 2.37. The average Bonchev–Trinajstić information content (AvgIpc) is 2.62. The molecule has 0 atom stereocenters. The van der Waals surface area contributed by atoms with Gasteiger partial charge in [-0.05, 0) is 25.3 Å². The van der Waals surface area contributed by atoms with Crippen LogP contribution in [-0.4, -0.2) is 11.6 Å². The van der Waals surface area contributed by atoms with Crippen LogP contribution in [-0.2, 0) is 11.2 Å². The van der Waals surface area contributed by atoms with Crippen molar-refractivity contribution in [3.8, 4) is 0 Å². The van der Waals surface area contributed by atoms with Crippen molar-refractivity contribution < 1.29 is 4.79 Å². The summed E-state index contributed by atoms with van der Waals surface area (Å²) in [5, 5.41) is 3.87. The summed E-state index contributed by atoms with van der Waals surface area (Å²) in [4.78, 5) is 11.3. The lowest BCUT2D eigenvalue weighted by molar-refractivity contribution is -0.116. The predicted molar refractivity (Wildman–Crippen MR) is 64.1 cm³/mol. The molecule has 0 aliphatic carbocycles. The second kappa shape index (κ2) is 4.75. The van der Waals surface area contributed by atoms with Crippen molar-refractivity contribution >= 4 is 11.6 Å². The van der Waals surface area contributed by atoms with E-state index in [1.54, 1.807) is 0 Å². The largest absolute Gasteiger partial charge is 0.272 e. The Morgan fingerprint density at radius 2 is 2.06 bits per heavy atom. The number of hydrogen-bond acceptors (Lipinski definition) is 2. The van der Waals surface area contributed by atoms with E-state index in [-0.39, 0.29) is 5.91 Å². The van der Waals surface area contributed by atoms with E-state index < -0.39 is 0 Å². The van der Waals surface area contributed by atoms with Crippen molar-refractivity contribution in [1.29, 1.82) is 0 Å². The normalized spacial score (nSPS) is 17.4. The molecule has 2 rings (SSSR count). The highest BCUT2D eigenvalue weighted by Crippen LogP contribution is 2.09. The van der Waals surface area contributed by atoms with E-state index in [1.165, 1.54) is 5.56 Å². The fourth-order valence-electron chi connectivity index (χ4n) is 1.69. The van der Waals surface area contributed by atoms with Gasteiger partial charge >= 0.3 is 0 Å². The van der Waals surface area contributed by atoms with Gasteiger partial charge in [-0.2, -0.15) is 5.10 Å². The van der Waals surface area contributed by atoms with Crippen LogP contribution in [0.25, 0.3) is 0 Å². The summed E-state index contributed by atoms with van der Waals surface area (Å²) in [7, 11) is 0. The van der Waals surface area contributed by atoms with E-state index >= 15 is 0 Å². The maximum atomic E-state index is 11.3. The van der Waals surface area contributed by atoms with E-state index in [9.17, 15) is 4.79 Å². The number of hydrogen-bond donors (Lipinski definition) is 1. The van der Waals surface area contributed by atoms with Gasteiger partial charge in [-0.1, -0.05) is 36.4 Å². The van der Waals surface area contributed by atoms with Gasteiger partial charge in [-0.25, -0.2) is 5.43 Å². The van der Waals surface area contributed by atoms with Crippen LogP contribution in [0.2, 0.25) is 0 Å². The van der Waals surface area contributed by atoms with Crippen molar-refractivity contribution in [1.82, 2.24) is 5.43 Å². The highest BCUT2D eigenvalue weighted by Gasteiger charge is 2.17. The molecular formula is C13H14N2O. The van der Waals surface area contributed by atoms with Crippen LogP contribution in [0.3, 0.4) is 0 Å². The Hall–Kier alpha value is -1.90. The highest BCUT2D eigenvalue weighted by molar-refractivity contribution is 6.23. The third-order valence-electron chi connectivity index (χ3n) is 2.58. The van der Waals surface area contributed by atoms with Crippen LogP contribution in [0.4, 0.5) is 0 Å². The lowest BCUT2D eigenvalue weighted by Crippen LogP contribution is -2.12. The number of hydrazone groups is 1. The first-order chi connectivity index (χ1) is 7.77. The van der Waals surface area contributed by atoms with E-state index in [2.05, 4.69) is 22.7 Å². The summed E-state index contributed by atoms with van der Waals surface area (Å²) >= 11 is 0. The minimum atomic E-state index is -0.0921. The molecule has 1 aliphatic heterocycles. The molecule has 3 nitrogen and oxygen atoms in total. The molecule has 1 N–H and O–H groups in total. The van der Waals surface area contributed by atoms with Crippen LogP contribution < -0.4 is 5.43 Å².